The average Bonchev–Trinajstić information content (AvgIpc) is 2.33. The lowest BCUT2D eigenvalue weighted by atomic mass is 10.3. The highest BCUT2D eigenvalue weighted by Crippen LogP contribution is 2.15. The van der Waals surface area contributed by atoms with E-state index in [9.17, 15) is 0 Å². The van der Waals surface area contributed by atoms with Crippen LogP contribution in [0.4, 0.5) is 0 Å². The van der Waals surface area contributed by atoms with Crippen LogP contribution in [0.3, 0.4) is 0 Å². The summed E-state index contributed by atoms with van der Waals surface area (Å²) in [6.45, 7) is 6.13. The Morgan fingerprint density at radius 2 is 2.09 bits per heavy atom. The summed E-state index contributed by atoms with van der Waals surface area (Å²) in [7, 11) is 0. The highest BCUT2D eigenvalue weighted by Gasteiger charge is 2.06. The van der Waals surface area contributed by atoms with E-state index < -0.39 is 0 Å². The van der Waals surface area contributed by atoms with Crippen molar-refractivity contribution in [3.8, 4) is 0 Å². The van der Waals surface area contributed by atoms with Crippen LogP contribution in [0, 0.1) is 0 Å². The summed E-state index contributed by atoms with van der Waals surface area (Å²) in [5.74, 6) is 0. The van der Waals surface area contributed by atoms with Crippen molar-refractivity contribution >= 4 is 12.6 Å². The lowest BCUT2D eigenvalue weighted by Crippen LogP contribution is -2.00. The second-order valence-corrected chi connectivity index (χ2v) is 3.67. The first-order valence-corrected chi connectivity index (χ1v) is 4.22. The topological polar surface area (TPSA) is 30.7 Å². The van der Waals surface area contributed by atoms with Crippen LogP contribution in [-0.4, -0.2) is 15.0 Å². The smallest absolute Gasteiger partial charge is 0.0951 e. The first kappa shape index (κ1) is 8.59. The van der Waals surface area contributed by atoms with E-state index in [1.54, 1.807) is 0 Å². The van der Waals surface area contributed by atoms with Crippen LogP contribution in [0.15, 0.2) is 6.20 Å². The van der Waals surface area contributed by atoms with Crippen LogP contribution in [0.1, 0.15) is 37.8 Å². The molecule has 0 N–H and O–H groups in total. The third kappa shape index (κ3) is 1.96. The van der Waals surface area contributed by atoms with Gasteiger partial charge in [-0.15, -0.1) is 5.10 Å². The molecule has 1 aromatic heterocycles. The highest BCUT2D eigenvalue weighted by molar-refractivity contribution is 7.80. The van der Waals surface area contributed by atoms with E-state index >= 15 is 0 Å². The summed E-state index contributed by atoms with van der Waals surface area (Å²) in [6, 6.07) is 0.378. The molecule has 0 amide bonds. The lowest BCUT2D eigenvalue weighted by Gasteiger charge is -2.01. The van der Waals surface area contributed by atoms with E-state index in [0.29, 0.717) is 6.04 Å². The molecule has 11 heavy (non-hydrogen) atoms. The molecule has 4 heteroatoms. The maximum Gasteiger partial charge on any atom is 0.0951 e. The fourth-order valence-electron chi connectivity index (χ4n) is 0.734. The molecule has 1 aromatic rings. The number of hydrogen-bond acceptors (Lipinski definition) is 3. The minimum atomic E-state index is 0.169. The summed E-state index contributed by atoms with van der Waals surface area (Å²) in [5.41, 5.74) is 0.932. The lowest BCUT2D eigenvalue weighted by molar-refractivity contribution is 0.514. The van der Waals surface area contributed by atoms with Crippen molar-refractivity contribution in [1.82, 2.24) is 15.0 Å². The van der Waals surface area contributed by atoms with Crippen LogP contribution >= 0.6 is 12.6 Å². The van der Waals surface area contributed by atoms with E-state index in [-0.39, 0.29) is 5.25 Å². The molecule has 0 radical (unpaired) electrons. The van der Waals surface area contributed by atoms with E-state index in [1.807, 2.05) is 17.8 Å². The van der Waals surface area contributed by atoms with Gasteiger partial charge in [-0.05, 0) is 20.8 Å². The van der Waals surface area contributed by atoms with Crippen molar-refractivity contribution in [3.63, 3.8) is 0 Å². The van der Waals surface area contributed by atoms with Gasteiger partial charge in [-0.1, -0.05) is 5.21 Å². The number of thiol groups is 1. The largest absolute Gasteiger partial charge is 0.250 e. The first-order valence-electron chi connectivity index (χ1n) is 3.71. The van der Waals surface area contributed by atoms with Crippen LogP contribution in [0.2, 0.25) is 0 Å². The Morgan fingerprint density at radius 1 is 1.45 bits per heavy atom. The van der Waals surface area contributed by atoms with Gasteiger partial charge < -0.3 is 0 Å². The summed E-state index contributed by atoms with van der Waals surface area (Å²) in [6.07, 6.45) is 1.93. The van der Waals surface area contributed by atoms with E-state index in [0.717, 1.165) is 5.69 Å². The molecule has 0 aliphatic rings. The predicted octanol–water partition coefficient (Wildman–Crippen LogP) is 1.85. The average molecular weight is 171 g/mol. The van der Waals surface area contributed by atoms with Crippen molar-refractivity contribution < 1.29 is 0 Å². The van der Waals surface area contributed by atoms with Crippen LogP contribution in [0.5, 0.6) is 0 Å². The van der Waals surface area contributed by atoms with Crippen molar-refractivity contribution in [2.75, 3.05) is 0 Å². The van der Waals surface area contributed by atoms with Crippen LogP contribution in [-0.2, 0) is 0 Å². The molecule has 1 unspecified atom stereocenters. The number of rotatable bonds is 2. The quantitative estimate of drug-likeness (QED) is 0.688. The van der Waals surface area contributed by atoms with Gasteiger partial charge in [0, 0.05) is 17.5 Å². The van der Waals surface area contributed by atoms with Crippen LogP contribution in [0.25, 0.3) is 0 Å². The maximum atomic E-state index is 4.25. The summed E-state index contributed by atoms with van der Waals surface area (Å²) >= 11 is 4.25. The van der Waals surface area contributed by atoms with Gasteiger partial charge in [0.2, 0.25) is 0 Å². The van der Waals surface area contributed by atoms with E-state index in [4.69, 9.17) is 0 Å². The van der Waals surface area contributed by atoms with E-state index in [1.165, 1.54) is 0 Å². The second kappa shape index (κ2) is 3.26. The molecule has 0 aromatic carbocycles. The zero-order chi connectivity index (χ0) is 8.43. The second-order valence-electron chi connectivity index (χ2n) is 2.89. The normalized spacial score (nSPS) is 13.9. The molecule has 0 saturated carbocycles. The Labute approximate surface area is 72.2 Å². The van der Waals surface area contributed by atoms with Gasteiger partial charge in [0.25, 0.3) is 0 Å². The molecule has 0 spiro atoms. The number of nitrogens with zero attached hydrogens (tertiary/aromatic N) is 3. The number of hydrogen-bond donors (Lipinski definition) is 1. The minimum Gasteiger partial charge on any atom is -0.250 e. The summed E-state index contributed by atoms with van der Waals surface area (Å²) in [4.78, 5) is 0. The summed E-state index contributed by atoms with van der Waals surface area (Å²) in [5, 5.41) is 8.10. The standard InChI is InChI=1S/C7H13N3S/c1-5(2)10-4-7(6(3)11)8-9-10/h4-6,11H,1-3H3. The predicted molar refractivity (Wildman–Crippen MR) is 47.8 cm³/mol. The van der Waals surface area contributed by atoms with Gasteiger partial charge in [-0.25, -0.2) is 4.68 Å². The van der Waals surface area contributed by atoms with Crippen LogP contribution < -0.4 is 0 Å². The fourth-order valence-corrected chi connectivity index (χ4v) is 0.853. The molecule has 1 rings (SSSR count). The van der Waals surface area contributed by atoms with Crippen molar-refractivity contribution in [1.29, 1.82) is 0 Å². The molecule has 0 bridgehead atoms. The Bertz CT molecular complexity index is 207. The van der Waals surface area contributed by atoms with Gasteiger partial charge >= 0.3 is 0 Å². The van der Waals surface area contributed by atoms with Crippen molar-refractivity contribution in [3.05, 3.63) is 11.9 Å². The fraction of sp³-hybridized carbons (Fsp3) is 0.714. The highest BCUT2D eigenvalue weighted by atomic mass is 32.1. The molecule has 0 saturated heterocycles. The maximum absolute atomic E-state index is 4.25. The van der Waals surface area contributed by atoms with Gasteiger partial charge in [-0.3, -0.25) is 0 Å². The molecular formula is C7H13N3S. The molecule has 0 aliphatic heterocycles. The Balaban J connectivity index is 2.82. The molecule has 1 heterocycles. The molecule has 62 valence electrons. The summed E-state index contributed by atoms with van der Waals surface area (Å²) < 4.78 is 1.84. The van der Waals surface area contributed by atoms with Crippen molar-refractivity contribution in [2.45, 2.75) is 32.1 Å². The van der Waals surface area contributed by atoms with Gasteiger partial charge in [-0.2, -0.15) is 12.6 Å². The molecule has 1 atom stereocenters. The molecule has 0 aliphatic carbocycles. The van der Waals surface area contributed by atoms with Gasteiger partial charge in [0.1, 0.15) is 0 Å². The van der Waals surface area contributed by atoms with E-state index in [2.05, 4.69) is 36.8 Å². The zero-order valence-corrected chi connectivity index (χ0v) is 7.92. The minimum absolute atomic E-state index is 0.169. The van der Waals surface area contributed by atoms with Gasteiger partial charge in [0.05, 0.1) is 5.69 Å². The molecule has 3 nitrogen and oxygen atoms in total. The Hall–Kier alpha value is -0.510. The molecule has 0 fully saturated rings. The number of aromatic nitrogens is 3. The third-order valence-electron chi connectivity index (χ3n) is 1.49. The van der Waals surface area contributed by atoms with Gasteiger partial charge in [0.15, 0.2) is 0 Å². The monoisotopic (exact) mass is 171 g/mol. The zero-order valence-electron chi connectivity index (χ0n) is 7.02. The SMILES string of the molecule is CC(S)c1cn(C(C)C)nn1. The third-order valence-corrected chi connectivity index (χ3v) is 1.75. The van der Waals surface area contributed by atoms with Crippen molar-refractivity contribution in [2.24, 2.45) is 0 Å². The Morgan fingerprint density at radius 3 is 2.36 bits per heavy atom. The molecular weight excluding hydrogens is 158 g/mol. The Kier molecular flexibility index (Phi) is 2.54. The first-order chi connectivity index (χ1) is 5.11.